The summed E-state index contributed by atoms with van der Waals surface area (Å²) in [5.41, 5.74) is 5.69. The van der Waals surface area contributed by atoms with Crippen molar-refractivity contribution < 1.29 is 19.4 Å². The van der Waals surface area contributed by atoms with Crippen LogP contribution in [0.3, 0.4) is 0 Å². The van der Waals surface area contributed by atoms with E-state index in [1.165, 1.54) is 12.0 Å². The van der Waals surface area contributed by atoms with Crippen LogP contribution < -0.4 is 4.74 Å². The molecule has 0 aliphatic carbocycles. The molecule has 1 aliphatic heterocycles. The molecule has 0 fully saturated rings. The van der Waals surface area contributed by atoms with Crippen LogP contribution in [0.25, 0.3) is 16.1 Å². The molecule has 0 spiro atoms. The lowest BCUT2D eigenvalue weighted by atomic mass is 9.96. The Morgan fingerprint density at radius 1 is 1.06 bits per heavy atom. The van der Waals surface area contributed by atoms with Gasteiger partial charge in [-0.3, -0.25) is 14.4 Å². The number of aromatic hydroxyl groups is 1. The Morgan fingerprint density at radius 3 is 2.47 bits per heavy atom. The summed E-state index contributed by atoms with van der Waals surface area (Å²) in [5.74, 6) is 1.75. The van der Waals surface area contributed by atoms with Gasteiger partial charge in [0.25, 0.3) is 0 Å². The Bertz CT molecular complexity index is 1500. The third kappa shape index (κ3) is 3.95. The van der Waals surface area contributed by atoms with E-state index in [4.69, 9.17) is 14.5 Å². The summed E-state index contributed by atoms with van der Waals surface area (Å²) in [7, 11) is 2.96. The second kappa shape index (κ2) is 9.23. The summed E-state index contributed by atoms with van der Waals surface area (Å²) in [6, 6.07) is 12.6. The first-order valence-corrected chi connectivity index (χ1v) is 12.3. The van der Waals surface area contributed by atoms with Gasteiger partial charge in [0.15, 0.2) is 5.82 Å². The fourth-order valence-corrected chi connectivity index (χ4v) is 5.71. The van der Waals surface area contributed by atoms with Crippen LogP contribution >= 0.6 is 11.3 Å². The lowest BCUT2D eigenvalue weighted by Crippen LogP contribution is -2.12. The van der Waals surface area contributed by atoms with Gasteiger partial charge in [0.1, 0.15) is 28.4 Å². The van der Waals surface area contributed by atoms with Crippen molar-refractivity contribution >= 4 is 23.0 Å². The summed E-state index contributed by atoms with van der Waals surface area (Å²) in [5, 5.41) is 19.5. The number of carbonyl (C=O) groups is 1. The van der Waals surface area contributed by atoms with Gasteiger partial charge in [-0.05, 0) is 44.0 Å². The zero-order valence-electron chi connectivity index (χ0n) is 20.7. The van der Waals surface area contributed by atoms with Crippen molar-refractivity contribution in [3.63, 3.8) is 0 Å². The predicted octanol–water partition coefficient (Wildman–Crippen LogP) is 5.09. The number of benzene rings is 2. The minimum Gasteiger partial charge on any atom is -0.508 e. The van der Waals surface area contributed by atoms with Gasteiger partial charge in [0, 0.05) is 27.6 Å². The van der Waals surface area contributed by atoms with E-state index in [-0.39, 0.29) is 18.1 Å². The van der Waals surface area contributed by atoms with Gasteiger partial charge < -0.3 is 14.6 Å². The van der Waals surface area contributed by atoms with Crippen LogP contribution in [0.2, 0.25) is 0 Å². The topological polar surface area (TPSA) is 98.8 Å². The van der Waals surface area contributed by atoms with E-state index in [9.17, 15) is 9.90 Å². The molecule has 184 valence electrons. The van der Waals surface area contributed by atoms with E-state index < -0.39 is 6.04 Å². The number of esters is 1. The van der Waals surface area contributed by atoms with E-state index in [0.717, 1.165) is 44.4 Å². The van der Waals surface area contributed by atoms with Crippen LogP contribution in [0.15, 0.2) is 47.5 Å². The second-order valence-electron chi connectivity index (χ2n) is 8.64. The van der Waals surface area contributed by atoms with E-state index in [1.54, 1.807) is 30.6 Å². The van der Waals surface area contributed by atoms with Crippen molar-refractivity contribution in [3.8, 4) is 27.6 Å². The molecule has 3 heterocycles. The standard InChI is InChI=1S/C27H26N4O4S/c1-14-15(2)36-27-24(14)25(28-21(13-23(33)35-5)26-30-29-16(3)31(26)27)18-8-6-17(7-9-18)20-11-10-19(32)12-22(20)34-4/h6-12,21,32H,13H2,1-5H3/t21-/m0/s1. The molecule has 0 unspecified atom stereocenters. The Labute approximate surface area is 212 Å². The Kier molecular flexibility index (Phi) is 6.09. The Hall–Kier alpha value is -3.98. The van der Waals surface area contributed by atoms with Gasteiger partial charge in [-0.25, -0.2) is 0 Å². The molecule has 1 N–H and O–H groups in total. The fraction of sp³-hybridized carbons (Fsp3) is 0.259. The molecule has 0 bridgehead atoms. The number of aliphatic imine (C=N–C) groups is 1. The molecule has 2 aromatic carbocycles. The second-order valence-corrected chi connectivity index (χ2v) is 9.84. The van der Waals surface area contributed by atoms with E-state index >= 15 is 0 Å². The average Bonchev–Trinajstić information content (AvgIpc) is 3.36. The monoisotopic (exact) mass is 502 g/mol. The number of aromatic nitrogens is 3. The Morgan fingerprint density at radius 2 is 1.78 bits per heavy atom. The van der Waals surface area contributed by atoms with Crippen LogP contribution in [0.1, 0.15) is 45.7 Å². The molecule has 5 rings (SSSR count). The minimum absolute atomic E-state index is 0.0634. The summed E-state index contributed by atoms with van der Waals surface area (Å²) in [6.45, 7) is 6.10. The van der Waals surface area contributed by atoms with Crippen molar-refractivity contribution in [2.24, 2.45) is 4.99 Å². The molecule has 8 nitrogen and oxygen atoms in total. The number of hydrogen-bond acceptors (Lipinski definition) is 8. The lowest BCUT2D eigenvalue weighted by Gasteiger charge is -2.13. The maximum Gasteiger partial charge on any atom is 0.308 e. The largest absolute Gasteiger partial charge is 0.508 e. The molecule has 0 amide bonds. The molecule has 2 aromatic heterocycles. The van der Waals surface area contributed by atoms with Gasteiger partial charge in [0.2, 0.25) is 0 Å². The highest BCUT2D eigenvalue weighted by molar-refractivity contribution is 7.15. The van der Waals surface area contributed by atoms with Gasteiger partial charge in [-0.15, -0.1) is 21.5 Å². The van der Waals surface area contributed by atoms with Crippen LogP contribution in [0, 0.1) is 20.8 Å². The molecule has 4 aromatic rings. The van der Waals surface area contributed by atoms with Gasteiger partial charge in [-0.1, -0.05) is 24.3 Å². The number of hydrogen-bond donors (Lipinski definition) is 1. The zero-order valence-corrected chi connectivity index (χ0v) is 21.5. The number of fused-ring (bicyclic) bond motifs is 3. The third-order valence-electron chi connectivity index (χ3n) is 6.48. The predicted molar refractivity (Wildman–Crippen MR) is 139 cm³/mol. The molecule has 0 radical (unpaired) electrons. The van der Waals surface area contributed by atoms with Gasteiger partial charge in [-0.2, -0.15) is 0 Å². The van der Waals surface area contributed by atoms with Crippen molar-refractivity contribution in [3.05, 3.63) is 75.7 Å². The number of carbonyl (C=O) groups excluding carboxylic acids is 1. The van der Waals surface area contributed by atoms with E-state index in [0.29, 0.717) is 11.6 Å². The molecular formula is C27H26N4O4S. The molecule has 36 heavy (non-hydrogen) atoms. The minimum atomic E-state index is -0.537. The number of phenolic OH excluding ortho intramolecular Hbond substituents is 1. The maximum atomic E-state index is 12.3. The van der Waals surface area contributed by atoms with Crippen LogP contribution in [-0.4, -0.2) is 45.8 Å². The molecule has 9 heteroatoms. The Balaban J connectivity index is 1.67. The normalized spacial score (nSPS) is 14.5. The summed E-state index contributed by atoms with van der Waals surface area (Å²) in [4.78, 5) is 18.6. The van der Waals surface area contributed by atoms with Crippen molar-refractivity contribution in [1.82, 2.24) is 14.8 Å². The highest BCUT2D eigenvalue weighted by atomic mass is 32.1. The summed E-state index contributed by atoms with van der Waals surface area (Å²) in [6.07, 6.45) is 0.0634. The molecule has 1 aliphatic rings. The number of aryl methyl sites for hydroxylation is 2. The summed E-state index contributed by atoms with van der Waals surface area (Å²) >= 11 is 1.67. The van der Waals surface area contributed by atoms with E-state index in [2.05, 4.69) is 24.0 Å². The summed E-state index contributed by atoms with van der Waals surface area (Å²) < 4.78 is 12.4. The highest BCUT2D eigenvalue weighted by Crippen LogP contribution is 2.40. The highest BCUT2D eigenvalue weighted by Gasteiger charge is 2.32. The zero-order chi connectivity index (χ0) is 25.6. The number of phenols is 1. The van der Waals surface area contributed by atoms with Crippen molar-refractivity contribution in [2.75, 3.05) is 14.2 Å². The SMILES string of the molecule is COC(=O)C[C@@H]1N=C(c2ccc(-c3ccc(O)cc3OC)cc2)c2c(sc(C)c2C)-n2c(C)nnc21. The molecular weight excluding hydrogens is 476 g/mol. The van der Waals surface area contributed by atoms with Crippen molar-refractivity contribution in [1.29, 1.82) is 0 Å². The molecule has 0 saturated heterocycles. The quantitative estimate of drug-likeness (QED) is 0.382. The molecule has 0 saturated carbocycles. The van der Waals surface area contributed by atoms with Crippen LogP contribution in [0.5, 0.6) is 11.5 Å². The smallest absolute Gasteiger partial charge is 0.308 e. The number of nitrogens with zero attached hydrogens (tertiary/aromatic N) is 4. The number of ether oxygens (including phenoxy) is 2. The number of methoxy groups -OCH3 is 2. The van der Waals surface area contributed by atoms with Gasteiger partial charge >= 0.3 is 5.97 Å². The average molecular weight is 503 g/mol. The van der Waals surface area contributed by atoms with Crippen LogP contribution in [0.4, 0.5) is 0 Å². The lowest BCUT2D eigenvalue weighted by molar-refractivity contribution is -0.141. The number of thiophene rings is 1. The fourth-order valence-electron chi connectivity index (χ4n) is 4.49. The third-order valence-corrected chi connectivity index (χ3v) is 7.67. The molecule has 1 atom stereocenters. The van der Waals surface area contributed by atoms with Crippen LogP contribution in [-0.2, 0) is 9.53 Å². The first kappa shape index (κ1) is 23.7. The van der Waals surface area contributed by atoms with E-state index in [1.807, 2.05) is 41.8 Å². The first-order chi connectivity index (χ1) is 17.3. The first-order valence-electron chi connectivity index (χ1n) is 11.5. The maximum absolute atomic E-state index is 12.3. The number of rotatable bonds is 5. The van der Waals surface area contributed by atoms with Crippen molar-refractivity contribution in [2.45, 2.75) is 33.2 Å². The van der Waals surface area contributed by atoms with Gasteiger partial charge in [0.05, 0.1) is 26.4 Å².